The van der Waals surface area contributed by atoms with Crippen LogP contribution in [0.15, 0.2) is 18.2 Å². The number of aryl methyl sites for hydroxylation is 2. The van der Waals surface area contributed by atoms with E-state index in [4.69, 9.17) is 0 Å². The van der Waals surface area contributed by atoms with Crippen LogP contribution in [-0.4, -0.2) is 62.7 Å². The minimum absolute atomic E-state index is 1.22. The lowest BCUT2D eigenvalue weighted by Gasteiger charge is -2.32. The van der Waals surface area contributed by atoms with Gasteiger partial charge in [0.15, 0.2) is 0 Å². The Kier molecular flexibility index (Phi) is 5.37. The Bertz CT molecular complexity index is 472. The van der Waals surface area contributed by atoms with Gasteiger partial charge in [-0.2, -0.15) is 0 Å². The van der Waals surface area contributed by atoms with Crippen molar-refractivity contribution in [3.05, 3.63) is 29.3 Å². The van der Waals surface area contributed by atoms with E-state index in [-0.39, 0.29) is 0 Å². The van der Waals surface area contributed by atoms with Crippen molar-refractivity contribution in [3.63, 3.8) is 0 Å². The molecule has 2 aliphatic heterocycles. The molecule has 0 radical (unpaired) electrons. The first-order chi connectivity index (χ1) is 10.7. The van der Waals surface area contributed by atoms with Crippen LogP contribution in [0.5, 0.6) is 0 Å². The first-order valence-corrected chi connectivity index (χ1v) is 8.98. The Labute approximate surface area is 135 Å². The summed E-state index contributed by atoms with van der Waals surface area (Å²) in [6.07, 6.45) is 5.21. The van der Waals surface area contributed by atoms with Crippen LogP contribution in [0.4, 0.5) is 5.69 Å². The molecule has 0 aliphatic carbocycles. The topological polar surface area (TPSA) is 9.72 Å². The van der Waals surface area contributed by atoms with Crippen molar-refractivity contribution in [3.8, 4) is 0 Å². The van der Waals surface area contributed by atoms with Crippen molar-refractivity contribution in [1.82, 2.24) is 9.80 Å². The Morgan fingerprint density at radius 3 is 2.36 bits per heavy atom. The van der Waals surface area contributed by atoms with Gasteiger partial charge in [0.2, 0.25) is 0 Å². The summed E-state index contributed by atoms with van der Waals surface area (Å²) in [7, 11) is 2.22. The smallest absolute Gasteiger partial charge is 0.0396 e. The molecule has 0 atom stereocenters. The summed E-state index contributed by atoms with van der Waals surface area (Å²) in [6, 6.07) is 7.12. The van der Waals surface area contributed by atoms with Crippen molar-refractivity contribution >= 4 is 5.69 Å². The van der Waals surface area contributed by atoms with Gasteiger partial charge >= 0.3 is 0 Å². The van der Waals surface area contributed by atoms with Crippen molar-refractivity contribution in [2.75, 3.05) is 57.8 Å². The normalized spacial score (nSPS) is 20.7. The predicted molar refractivity (Wildman–Crippen MR) is 94.9 cm³/mol. The third kappa shape index (κ3) is 4.02. The highest BCUT2D eigenvalue weighted by atomic mass is 15.2. The molecule has 3 heteroatoms. The van der Waals surface area contributed by atoms with Gasteiger partial charge in [0.25, 0.3) is 0 Å². The van der Waals surface area contributed by atoms with E-state index in [0.29, 0.717) is 0 Å². The number of piperazine rings is 1. The molecule has 122 valence electrons. The molecule has 0 bridgehead atoms. The molecule has 0 amide bonds. The van der Waals surface area contributed by atoms with Crippen LogP contribution >= 0.6 is 0 Å². The first-order valence-electron chi connectivity index (χ1n) is 8.98. The van der Waals surface area contributed by atoms with Crippen LogP contribution in [0.25, 0.3) is 0 Å². The van der Waals surface area contributed by atoms with E-state index in [0.717, 1.165) is 0 Å². The third-order valence-electron chi connectivity index (χ3n) is 5.24. The maximum Gasteiger partial charge on any atom is 0.0396 e. The van der Waals surface area contributed by atoms with Gasteiger partial charge in [0.1, 0.15) is 0 Å². The largest absolute Gasteiger partial charge is 0.371 e. The Hall–Kier alpha value is -1.06. The van der Waals surface area contributed by atoms with E-state index in [1.54, 1.807) is 0 Å². The summed E-state index contributed by atoms with van der Waals surface area (Å²) < 4.78 is 0. The Morgan fingerprint density at radius 2 is 1.68 bits per heavy atom. The molecule has 2 aliphatic rings. The van der Waals surface area contributed by atoms with Gasteiger partial charge in [-0.25, -0.2) is 0 Å². The number of anilines is 1. The first kappa shape index (κ1) is 15.8. The molecule has 0 saturated carbocycles. The molecule has 0 unspecified atom stereocenters. The minimum Gasteiger partial charge on any atom is -0.371 e. The molecule has 2 saturated heterocycles. The molecule has 2 heterocycles. The van der Waals surface area contributed by atoms with E-state index >= 15 is 0 Å². The fourth-order valence-corrected chi connectivity index (χ4v) is 3.76. The zero-order valence-corrected chi connectivity index (χ0v) is 14.4. The molecule has 3 rings (SSSR count). The molecule has 1 aromatic rings. The highest BCUT2D eigenvalue weighted by Gasteiger charge is 2.15. The van der Waals surface area contributed by atoms with E-state index in [2.05, 4.69) is 46.9 Å². The second-order valence-corrected chi connectivity index (χ2v) is 7.06. The lowest BCUT2D eigenvalue weighted by molar-refractivity contribution is 0.153. The lowest BCUT2D eigenvalue weighted by atomic mass is 10.0. The maximum absolute atomic E-state index is 2.62. The van der Waals surface area contributed by atoms with Gasteiger partial charge in [-0.15, -0.1) is 0 Å². The number of hydrogen-bond donors (Lipinski definition) is 0. The monoisotopic (exact) mass is 301 g/mol. The lowest BCUT2D eigenvalue weighted by Crippen LogP contribution is -2.44. The number of benzene rings is 1. The van der Waals surface area contributed by atoms with E-state index in [1.807, 2.05) is 0 Å². The summed E-state index contributed by atoms with van der Waals surface area (Å²) in [6.45, 7) is 10.9. The van der Waals surface area contributed by atoms with Crippen molar-refractivity contribution in [2.45, 2.75) is 32.6 Å². The van der Waals surface area contributed by atoms with Crippen LogP contribution in [-0.2, 0) is 6.42 Å². The Balaban J connectivity index is 1.47. The van der Waals surface area contributed by atoms with E-state index in [1.165, 1.54) is 88.3 Å². The second kappa shape index (κ2) is 7.47. The highest BCUT2D eigenvalue weighted by molar-refractivity contribution is 5.55. The van der Waals surface area contributed by atoms with Crippen LogP contribution < -0.4 is 4.90 Å². The van der Waals surface area contributed by atoms with Gasteiger partial charge in [-0.3, -0.25) is 0 Å². The van der Waals surface area contributed by atoms with Crippen LogP contribution in [0.3, 0.4) is 0 Å². The summed E-state index contributed by atoms with van der Waals surface area (Å²) >= 11 is 0. The van der Waals surface area contributed by atoms with Crippen LogP contribution in [0.2, 0.25) is 0 Å². The average Bonchev–Trinajstić information content (AvgIpc) is 3.03. The summed E-state index contributed by atoms with van der Waals surface area (Å²) in [5, 5.41) is 0. The molecule has 3 nitrogen and oxygen atoms in total. The second-order valence-electron chi connectivity index (χ2n) is 7.06. The van der Waals surface area contributed by atoms with Gasteiger partial charge in [-0.1, -0.05) is 12.1 Å². The summed E-state index contributed by atoms with van der Waals surface area (Å²) in [5.74, 6) is 0. The molecule has 0 aromatic heterocycles. The maximum atomic E-state index is 2.62. The number of likely N-dealkylation sites (N-methyl/N-ethyl adjacent to an activating group) is 1. The van der Waals surface area contributed by atoms with E-state index in [9.17, 15) is 0 Å². The van der Waals surface area contributed by atoms with Gasteiger partial charge in [-0.05, 0) is 63.4 Å². The number of hydrogen-bond acceptors (Lipinski definition) is 3. The fraction of sp³-hybridized carbons (Fsp3) is 0.684. The molecule has 0 spiro atoms. The zero-order chi connectivity index (χ0) is 15.4. The SMILES string of the molecule is Cc1cc(CCCN2CCN(C)CC2)ccc1N1CCCC1. The quantitative estimate of drug-likeness (QED) is 0.828. The van der Waals surface area contributed by atoms with Crippen LogP contribution in [0.1, 0.15) is 30.4 Å². The molecule has 2 fully saturated rings. The molecular formula is C19H31N3. The summed E-state index contributed by atoms with van der Waals surface area (Å²) in [4.78, 5) is 7.59. The van der Waals surface area contributed by atoms with Gasteiger partial charge in [0.05, 0.1) is 0 Å². The average molecular weight is 301 g/mol. The molecule has 22 heavy (non-hydrogen) atoms. The third-order valence-corrected chi connectivity index (χ3v) is 5.24. The van der Waals surface area contributed by atoms with Crippen molar-refractivity contribution in [1.29, 1.82) is 0 Å². The standard InChI is InChI=1S/C19H31N3/c1-17-16-18(7-8-19(17)22-10-3-4-11-22)6-5-9-21-14-12-20(2)13-15-21/h7-8,16H,3-6,9-15H2,1-2H3. The number of nitrogens with zero attached hydrogens (tertiary/aromatic N) is 3. The predicted octanol–water partition coefficient (Wildman–Crippen LogP) is 2.78. The summed E-state index contributed by atoms with van der Waals surface area (Å²) in [5.41, 5.74) is 4.42. The molecule has 1 aromatic carbocycles. The van der Waals surface area contributed by atoms with E-state index < -0.39 is 0 Å². The van der Waals surface area contributed by atoms with Crippen LogP contribution in [0, 0.1) is 6.92 Å². The molecular weight excluding hydrogens is 270 g/mol. The number of rotatable bonds is 5. The Morgan fingerprint density at radius 1 is 0.955 bits per heavy atom. The zero-order valence-electron chi connectivity index (χ0n) is 14.4. The van der Waals surface area contributed by atoms with Gasteiger partial charge in [0, 0.05) is 45.0 Å². The highest BCUT2D eigenvalue weighted by Crippen LogP contribution is 2.25. The molecule has 0 N–H and O–H groups in total. The fourth-order valence-electron chi connectivity index (χ4n) is 3.76. The van der Waals surface area contributed by atoms with Crippen molar-refractivity contribution in [2.24, 2.45) is 0 Å². The van der Waals surface area contributed by atoms with Gasteiger partial charge < -0.3 is 14.7 Å². The minimum atomic E-state index is 1.22. The van der Waals surface area contributed by atoms with Crippen molar-refractivity contribution < 1.29 is 0 Å².